The van der Waals surface area contributed by atoms with E-state index in [0.29, 0.717) is 10.7 Å². The number of anilines is 1. The minimum Gasteiger partial charge on any atom is -0.352 e. The van der Waals surface area contributed by atoms with Gasteiger partial charge in [-0.05, 0) is 56.2 Å². The van der Waals surface area contributed by atoms with Crippen molar-refractivity contribution in [2.45, 2.75) is 56.4 Å². The largest absolute Gasteiger partial charge is 0.352 e. The van der Waals surface area contributed by atoms with Crippen LogP contribution >= 0.6 is 11.6 Å². The van der Waals surface area contributed by atoms with Crippen LogP contribution in [-0.2, 0) is 14.8 Å². The molecule has 29 heavy (non-hydrogen) atoms. The summed E-state index contributed by atoms with van der Waals surface area (Å²) in [4.78, 5) is 12.9. The van der Waals surface area contributed by atoms with Gasteiger partial charge in [0.25, 0.3) is 10.0 Å². The Morgan fingerprint density at radius 3 is 2.17 bits per heavy atom. The minimum atomic E-state index is -3.91. The molecule has 0 atom stereocenters. The van der Waals surface area contributed by atoms with Crippen LogP contribution in [0.15, 0.2) is 53.4 Å². The number of aryl methyl sites for hydroxylation is 1. The third kappa shape index (κ3) is 5.73. The van der Waals surface area contributed by atoms with Crippen molar-refractivity contribution >= 4 is 33.2 Å². The van der Waals surface area contributed by atoms with Gasteiger partial charge in [-0.15, -0.1) is 0 Å². The van der Waals surface area contributed by atoms with Gasteiger partial charge in [-0.3, -0.25) is 9.10 Å². The van der Waals surface area contributed by atoms with Crippen LogP contribution in [-0.4, -0.2) is 26.9 Å². The van der Waals surface area contributed by atoms with Crippen LogP contribution < -0.4 is 9.62 Å². The lowest BCUT2D eigenvalue weighted by Gasteiger charge is -2.25. The van der Waals surface area contributed by atoms with E-state index in [2.05, 4.69) is 5.32 Å². The molecule has 1 N–H and O–H groups in total. The maximum Gasteiger partial charge on any atom is 0.264 e. The number of carbonyl (C=O) groups is 1. The molecule has 3 rings (SSSR count). The molecule has 1 aliphatic carbocycles. The first-order chi connectivity index (χ1) is 13.9. The van der Waals surface area contributed by atoms with Gasteiger partial charge >= 0.3 is 0 Å². The van der Waals surface area contributed by atoms with Gasteiger partial charge < -0.3 is 5.32 Å². The molecule has 156 valence electrons. The molecule has 5 nitrogen and oxygen atoms in total. The number of rotatable bonds is 6. The molecule has 0 radical (unpaired) electrons. The van der Waals surface area contributed by atoms with Crippen LogP contribution in [0.25, 0.3) is 0 Å². The number of halogens is 1. The molecular weight excluding hydrogens is 408 g/mol. The molecule has 2 aromatic carbocycles. The molecule has 0 aliphatic heterocycles. The smallest absolute Gasteiger partial charge is 0.264 e. The second-order valence-electron chi connectivity index (χ2n) is 7.56. The number of hydrogen-bond donors (Lipinski definition) is 1. The first-order valence-corrected chi connectivity index (χ1v) is 11.8. The highest BCUT2D eigenvalue weighted by Gasteiger charge is 2.28. The van der Waals surface area contributed by atoms with Gasteiger partial charge in [0, 0.05) is 11.1 Å². The molecule has 1 amide bonds. The van der Waals surface area contributed by atoms with Crippen molar-refractivity contribution in [1.29, 1.82) is 0 Å². The van der Waals surface area contributed by atoms with Crippen LogP contribution in [0, 0.1) is 6.92 Å². The third-order valence-electron chi connectivity index (χ3n) is 5.23. The molecular formula is C22H27ClN2O3S. The van der Waals surface area contributed by atoms with Gasteiger partial charge in [-0.1, -0.05) is 55.0 Å². The lowest BCUT2D eigenvalue weighted by molar-refractivity contribution is -0.120. The number of amides is 1. The summed E-state index contributed by atoms with van der Waals surface area (Å²) in [5.41, 5.74) is 1.47. The second-order valence-corrected chi connectivity index (χ2v) is 9.86. The van der Waals surface area contributed by atoms with E-state index in [1.54, 1.807) is 12.1 Å². The SMILES string of the molecule is Cc1ccc(N(CC(=O)NC2CCCCCC2)S(=O)(=O)c2ccc(Cl)cc2)cc1. The Labute approximate surface area is 178 Å². The Bertz CT molecular complexity index is 920. The lowest BCUT2D eigenvalue weighted by Crippen LogP contribution is -2.44. The lowest BCUT2D eigenvalue weighted by atomic mass is 10.1. The highest BCUT2D eigenvalue weighted by Crippen LogP contribution is 2.25. The van der Waals surface area contributed by atoms with Crippen LogP contribution in [0.3, 0.4) is 0 Å². The zero-order valence-corrected chi connectivity index (χ0v) is 18.2. The van der Waals surface area contributed by atoms with Crippen molar-refractivity contribution in [2.75, 3.05) is 10.8 Å². The summed E-state index contributed by atoms with van der Waals surface area (Å²) in [5, 5.41) is 3.49. The van der Waals surface area contributed by atoms with Crippen molar-refractivity contribution in [3.05, 3.63) is 59.1 Å². The molecule has 0 spiro atoms. The monoisotopic (exact) mass is 434 g/mol. The molecule has 0 unspecified atom stereocenters. The van der Waals surface area contributed by atoms with Crippen molar-refractivity contribution in [2.24, 2.45) is 0 Å². The van der Waals surface area contributed by atoms with Crippen LogP contribution in [0.4, 0.5) is 5.69 Å². The molecule has 0 bridgehead atoms. The van der Waals surface area contributed by atoms with Crippen molar-refractivity contribution in [1.82, 2.24) is 5.32 Å². The number of nitrogens with zero attached hydrogens (tertiary/aromatic N) is 1. The number of sulfonamides is 1. The predicted octanol–water partition coefficient (Wildman–Crippen LogP) is 4.68. The molecule has 1 fully saturated rings. The first-order valence-electron chi connectivity index (χ1n) is 10.0. The van der Waals surface area contributed by atoms with Crippen molar-refractivity contribution < 1.29 is 13.2 Å². The van der Waals surface area contributed by atoms with E-state index in [1.165, 1.54) is 41.4 Å². The van der Waals surface area contributed by atoms with Gasteiger partial charge in [-0.2, -0.15) is 0 Å². The van der Waals surface area contributed by atoms with E-state index >= 15 is 0 Å². The Morgan fingerprint density at radius 2 is 1.59 bits per heavy atom. The van der Waals surface area contributed by atoms with E-state index in [1.807, 2.05) is 19.1 Å². The Hall–Kier alpha value is -2.05. The van der Waals surface area contributed by atoms with E-state index in [4.69, 9.17) is 11.6 Å². The fourth-order valence-corrected chi connectivity index (χ4v) is 5.13. The van der Waals surface area contributed by atoms with Gasteiger partial charge in [0.1, 0.15) is 6.54 Å². The Kier molecular flexibility index (Phi) is 7.19. The predicted molar refractivity (Wildman–Crippen MR) is 117 cm³/mol. The van der Waals surface area contributed by atoms with E-state index < -0.39 is 10.0 Å². The first kappa shape index (κ1) is 21.7. The highest BCUT2D eigenvalue weighted by atomic mass is 35.5. The average molecular weight is 435 g/mol. The molecule has 1 saturated carbocycles. The average Bonchev–Trinajstić information content (AvgIpc) is 2.96. The fraction of sp³-hybridized carbons (Fsp3) is 0.409. The Balaban J connectivity index is 1.85. The van der Waals surface area contributed by atoms with Gasteiger partial charge in [0.2, 0.25) is 5.91 Å². The van der Waals surface area contributed by atoms with Crippen LogP contribution in [0.5, 0.6) is 0 Å². The minimum absolute atomic E-state index is 0.102. The number of hydrogen-bond acceptors (Lipinski definition) is 3. The van der Waals surface area contributed by atoms with E-state index in [9.17, 15) is 13.2 Å². The summed E-state index contributed by atoms with van der Waals surface area (Å²) >= 11 is 5.91. The fourth-order valence-electron chi connectivity index (χ4n) is 3.59. The molecule has 1 aliphatic rings. The third-order valence-corrected chi connectivity index (χ3v) is 7.27. The summed E-state index contributed by atoms with van der Waals surface area (Å²) in [6.07, 6.45) is 6.45. The Morgan fingerprint density at radius 1 is 1.00 bits per heavy atom. The number of nitrogens with one attached hydrogen (secondary N) is 1. The van der Waals surface area contributed by atoms with Crippen molar-refractivity contribution in [3.8, 4) is 0 Å². The molecule has 0 saturated heterocycles. The summed E-state index contributed by atoms with van der Waals surface area (Å²) in [6.45, 7) is 1.67. The van der Waals surface area contributed by atoms with Crippen LogP contribution in [0.2, 0.25) is 5.02 Å². The molecule has 2 aromatic rings. The summed E-state index contributed by atoms with van der Waals surface area (Å²) in [6, 6.07) is 13.2. The van der Waals surface area contributed by atoms with E-state index in [0.717, 1.165) is 31.2 Å². The van der Waals surface area contributed by atoms with Gasteiger partial charge in [0.05, 0.1) is 10.6 Å². The topological polar surface area (TPSA) is 66.5 Å². The van der Waals surface area contributed by atoms with Crippen LogP contribution in [0.1, 0.15) is 44.1 Å². The standard InChI is InChI=1S/C22H27ClN2O3S/c1-17-8-12-20(13-9-17)25(29(27,28)21-14-10-18(23)11-15-21)16-22(26)24-19-6-4-2-3-5-7-19/h8-15,19H,2-7,16H2,1H3,(H,24,26). The summed E-state index contributed by atoms with van der Waals surface area (Å²) < 4.78 is 27.8. The van der Waals surface area contributed by atoms with Gasteiger partial charge in [-0.25, -0.2) is 8.42 Å². The summed E-state index contributed by atoms with van der Waals surface area (Å²) in [5.74, 6) is -0.282. The summed E-state index contributed by atoms with van der Waals surface area (Å²) in [7, 11) is -3.91. The zero-order chi connectivity index (χ0) is 20.9. The van der Waals surface area contributed by atoms with Crippen molar-refractivity contribution in [3.63, 3.8) is 0 Å². The quantitative estimate of drug-likeness (QED) is 0.671. The number of benzene rings is 2. The maximum atomic E-state index is 13.3. The van der Waals surface area contributed by atoms with Gasteiger partial charge in [0.15, 0.2) is 0 Å². The van der Waals surface area contributed by atoms with E-state index in [-0.39, 0.29) is 23.4 Å². The molecule has 0 heterocycles. The molecule has 0 aromatic heterocycles. The molecule has 7 heteroatoms. The zero-order valence-electron chi connectivity index (χ0n) is 16.6. The normalized spacial score (nSPS) is 15.5. The highest BCUT2D eigenvalue weighted by molar-refractivity contribution is 7.92. The second kappa shape index (κ2) is 9.63. The number of carbonyl (C=O) groups excluding carboxylic acids is 1. The maximum absolute atomic E-state index is 13.3.